The van der Waals surface area contributed by atoms with Crippen molar-refractivity contribution >= 4 is 103 Å². The van der Waals surface area contributed by atoms with Gasteiger partial charge in [-0.1, -0.05) is 36.4 Å². The summed E-state index contributed by atoms with van der Waals surface area (Å²) in [6.07, 6.45) is 0.0245. The van der Waals surface area contributed by atoms with Crippen molar-refractivity contribution in [2.75, 3.05) is 0 Å². The molecule has 0 atom stereocenters. The fourth-order valence-corrected chi connectivity index (χ4v) is 7.50. The van der Waals surface area contributed by atoms with Crippen molar-refractivity contribution in [1.29, 1.82) is 0 Å². The third-order valence-electron chi connectivity index (χ3n) is 8.80. The summed E-state index contributed by atoms with van der Waals surface area (Å²) in [4.78, 5) is 9.60. The Morgan fingerprint density at radius 1 is 0.484 bits per heavy atom. The molecule has 0 bridgehead atoms. The van der Waals surface area contributed by atoms with Crippen molar-refractivity contribution in [2.45, 2.75) is 21.1 Å². The molecule has 0 aliphatic rings. The number of nitrogens with two attached hydrogens (primary N) is 1. The number of aromatic hydroxyl groups is 1. The molecular formula is C38H24N7Na3O11S3. The number of hydrogen-bond donors (Lipinski definition) is 2. The van der Waals surface area contributed by atoms with Gasteiger partial charge >= 0.3 is 88.7 Å². The Morgan fingerprint density at radius 2 is 0.887 bits per heavy atom. The standard InChI is InChI=1S/C38H27N7O11S3.3Na/c39-37(47)17-21-1-4-23(5-2-21)40-41-34-14-12-32(28-10-7-25(19-30(28)34)58(51,52)53)42-43-35-15-13-33(29-11-8-26(20-31(29)35)59(54,55)56)44-45-38-27-9-6-24(57(48,49)50)18-22(27)3-16-36(38)46;;;/h1-16,18-20,46H,17H2,(H2,39,47)(H,48,49,50)(H,51,52,53)(H,54,55,56);;;/q;3*+1/p-3. The second-order valence-electron chi connectivity index (χ2n) is 12.7. The van der Waals surface area contributed by atoms with Gasteiger partial charge in [0, 0.05) is 26.9 Å². The van der Waals surface area contributed by atoms with Crippen molar-refractivity contribution in [3.8, 4) is 5.75 Å². The molecular weight excluding hydrogens is 896 g/mol. The third-order valence-corrected chi connectivity index (χ3v) is 11.3. The maximum absolute atomic E-state index is 12.0. The molecule has 18 nitrogen and oxygen atoms in total. The number of phenolic OH excluding ortho intramolecular Hbond substituents is 1. The molecule has 24 heteroatoms. The van der Waals surface area contributed by atoms with Crippen LogP contribution < -0.4 is 94.4 Å². The van der Waals surface area contributed by atoms with Gasteiger partial charge in [0.25, 0.3) is 0 Å². The largest absolute Gasteiger partial charge is 1.00 e. The number of carbonyl (C=O) groups excluding carboxylic acids is 1. The Hall–Kier alpha value is -3.88. The van der Waals surface area contributed by atoms with Gasteiger partial charge in [0.2, 0.25) is 5.91 Å². The summed E-state index contributed by atoms with van der Waals surface area (Å²) in [5.41, 5.74) is 6.70. The molecule has 0 aliphatic carbocycles. The molecule has 62 heavy (non-hydrogen) atoms. The molecule has 7 rings (SSSR count). The van der Waals surface area contributed by atoms with Crippen LogP contribution in [-0.4, -0.2) is 49.9 Å². The molecule has 0 heterocycles. The molecule has 0 aromatic heterocycles. The van der Waals surface area contributed by atoms with Gasteiger partial charge in [-0.05, 0) is 89.8 Å². The summed E-state index contributed by atoms with van der Waals surface area (Å²) >= 11 is 0. The van der Waals surface area contributed by atoms with Gasteiger partial charge in [0.05, 0.1) is 49.5 Å². The van der Waals surface area contributed by atoms with E-state index in [9.17, 15) is 48.8 Å². The zero-order valence-corrected chi connectivity index (χ0v) is 41.1. The second-order valence-corrected chi connectivity index (χ2v) is 16.8. The summed E-state index contributed by atoms with van der Waals surface area (Å²) in [7, 11) is -14.6. The molecule has 0 radical (unpaired) electrons. The predicted molar refractivity (Wildman–Crippen MR) is 209 cm³/mol. The number of hydrogen-bond acceptors (Lipinski definition) is 17. The van der Waals surface area contributed by atoms with Crippen molar-refractivity contribution < 1.29 is 137 Å². The Kier molecular flexibility index (Phi) is 16.6. The first-order chi connectivity index (χ1) is 27.8. The number of carbonyl (C=O) groups is 1. The Labute approximate surface area is 419 Å². The van der Waals surface area contributed by atoms with E-state index in [0.29, 0.717) is 16.6 Å². The van der Waals surface area contributed by atoms with Crippen LogP contribution in [0.3, 0.4) is 0 Å². The first-order valence-corrected chi connectivity index (χ1v) is 21.0. The van der Waals surface area contributed by atoms with E-state index in [1.165, 1.54) is 54.6 Å². The van der Waals surface area contributed by atoms with Crippen LogP contribution in [0.4, 0.5) is 34.1 Å². The Balaban J connectivity index is 0.00000282. The normalized spacial score (nSPS) is 12.2. The van der Waals surface area contributed by atoms with Crippen molar-refractivity contribution in [3.63, 3.8) is 0 Å². The molecule has 0 spiro atoms. The van der Waals surface area contributed by atoms with E-state index in [1.54, 1.807) is 24.3 Å². The van der Waals surface area contributed by atoms with Crippen LogP contribution in [0.1, 0.15) is 5.56 Å². The molecule has 0 aliphatic heterocycles. The molecule has 7 aromatic rings. The minimum absolute atomic E-state index is 0. The minimum atomic E-state index is -4.96. The number of amides is 1. The average molecular weight is 920 g/mol. The molecule has 0 unspecified atom stereocenters. The van der Waals surface area contributed by atoms with Gasteiger partial charge in [-0.3, -0.25) is 4.79 Å². The van der Waals surface area contributed by atoms with Gasteiger partial charge in [0.1, 0.15) is 41.8 Å². The fraction of sp³-hybridized carbons (Fsp3) is 0.0263. The van der Waals surface area contributed by atoms with Gasteiger partial charge in [-0.2, -0.15) is 5.11 Å². The number of rotatable bonds is 11. The van der Waals surface area contributed by atoms with Gasteiger partial charge in [-0.15, -0.1) is 25.6 Å². The Morgan fingerprint density at radius 3 is 1.34 bits per heavy atom. The van der Waals surface area contributed by atoms with E-state index in [4.69, 9.17) is 5.73 Å². The summed E-state index contributed by atoms with van der Waals surface area (Å²) in [5.74, 6) is -0.842. The van der Waals surface area contributed by atoms with Crippen molar-refractivity contribution in [2.24, 2.45) is 36.4 Å². The number of benzene rings is 7. The maximum atomic E-state index is 12.0. The first-order valence-electron chi connectivity index (χ1n) is 16.7. The number of fused-ring (bicyclic) bond motifs is 3. The van der Waals surface area contributed by atoms with Crippen LogP contribution in [-0.2, 0) is 41.6 Å². The SMILES string of the molecule is NC(=O)Cc1ccc(N=Nc2ccc(N=Nc3ccc(N=Nc4c(O)ccc5cc(S(=O)(=O)[O-])ccc45)c4ccc(S(=O)(=O)[O-])cc34)c3ccc(S(=O)(=O)[O-])cc23)cc1.[Na+].[Na+].[Na+]. The fourth-order valence-electron chi connectivity index (χ4n) is 6.00. The van der Waals surface area contributed by atoms with E-state index in [-0.39, 0.29) is 156 Å². The quantitative estimate of drug-likeness (QED) is 0.0887. The van der Waals surface area contributed by atoms with Crippen molar-refractivity contribution in [1.82, 2.24) is 0 Å². The van der Waals surface area contributed by atoms with E-state index in [1.807, 2.05) is 0 Å². The number of primary amides is 1. The zero-order chi connectivity index (χ0) is 42.3. The molecule has 0 fully saturated rings. The minimum Gasteiger partial charge on any atom is -0.744 e. The summed E-state index contributed by atoms with van der Waals surface area (Å²) in [6, 6.07) is 25.3. The third kappa shape index (κ3) is 11.6. The summed E-state index contributed by atoms with van der Waals surface area (Å²) < 4.78 is 107. The monoisotopic (exact) mass is 919 g/mol. The van der Waals surface area contributed by atoms with E-state index >= 15 is 0 Å². The molecule has 3 N–H and O–H groups in total. The summed E-state index contributed by atoms with van der Waals surface area (Å²) in [6.45, 7) is 0. The van der Waals surface area contributed by atoms with Gasteiger partial charge < -0.3 is 24.5 Å². The van der Waals surface area contributed by atoms with E-state index in [2.05, 4.69) is 30.7 Å². The van der Waals surface area contributed by atoms with E-state index < -0.39 is 50.9 Å². The van der Waals surface area contributed by atoms with Crippen LogP contribution in [0.5, 0.6) is 5.75 Å². The van der Waals surface area contributed by atoms with Crippen LogP contribution in [0.15, 0.2) is 161 Å². The molecule has 0 saturated heterocycles. The van der Waals surface area contributed by atoms with Crippen LogP contribution >= 0.6 is 0 Å². The zero-order valence-electron chi connectivity index (χ0n) is 32.7. The number of phenols is 1. The smallest absolute Gasteiger partial charge is 0.744 e. The van der Waals surface area contributed by atoms with Crippen LogP contribution in [0.25, 0.3) is 32.3 Å². The second kappa shape index (κ2) is 20.3. The van der Waals surface area contributed by atoms with Crippen LogP contribution in [0.2, 0.25) is 0 Å². The average Bonchev–Trinajstić information content (AvgIpc) is 3.18. The molecule has 7 aromatic carbocycles. The summed E-state index contributed by atoms with van der Waals surface area (Å²) in [5, 5.41) is 37.4. The topological polar surface area (TPSA) is 309 Å². The number of azo groups is 3. The predicted octanol–water partition coefficient (Wildman–Crippen LogP) is -1.15. The Bertz CT molecular complexity index is 3340. The van der Waals surface area contributed by atoms with Gasteiger partial charge in [0.15, 0.2) is 0 Å². The van der Waals surface area contributed by atoms with Crippen LogP contribution in [0, 0.1) is 0 Å². The number of nitrogens with zero attached hydrogens (tertiary/aromatic N) is 6. The van der Waals surface area contributed by atoms with Crippen molar-refractivity contribution in [3.05, 3.63) is 121 Å². The van der Waals surface area contributed by atoms with E-state index in [0.717, 1.165) is 36.4 Å². The molecule has 1 amide bonds. The van der Waals surface area contributed by atoms with Gasteiger partial charge in [-0.25, -0.2) is 25.3 Å². The first kappa shape index (κ1) is 50.8. The molecule has 0 saturated carbocycles. The molecule has 298 valence electrons. The maximum Gasteiger partial charge on any atom is 1.00 e.